The Balaban J connectivity index is 1.84. The van der Waals surface area contributed by atoms with Crippen molar-refractivity contribution in [3.05, 3.63) is 56.9 Å². The lowest BCUT2D eigenvalue weighted by molar-refractivity contribution is -0.286. The smallest absolute Gasteiger partial charge is 0.395 e. The Morgan fingerprint density at radius 3 is 2.41 bits per heavy atom. The first-order valence-corrected chi connectivity index (χ1v) is 11.0. The molecule has 2 heterocycles. The molecule has 0 saturated heterocycles. The van der Waals surface area contributed by atoms with E-state index < -0.39 is 28.9 Å². The van der Waals surface area contributed by atoms with Crippen molar-refractivity contribution in [2.24, 2.45) is 0 Å². The summed E-state index contributed by atoms with van der Waals surface area (Å²) in [5.74, 6) is -1.42. The molecule has 2 aromatic rings. The third-order valence-corrected chi connectivity index (χ3v) is 6.03. The van der Waals surface area contributed by atoms with Crippen LogP contribution in [0.15, 0.2) is 51.9 Å². The zero-order chi connectivity index (χ0) is 25.3. The molecule has 1 amide bonds. The molecule has 1 aliphatic heterocycles. The van der Waals surface area contributed by atoms with Crippen LogP contribution in [0, 0.1) is 0 Å². The molecule has 1 N–H and O–H groups in total. The molecule has 0 fully saturated rings. The number of fused-ring (bicyclic) bond motifs is 1. The number of rotatable bonds is 6. The highest BCUT2D eigenvalue weighted by atomic mass is 35.5. The maximum absolute atomic E-state index is 13.3. The van der Waals surface area contributed by atoms with E-state index >= 15 is 0 Å². The molecular weight excluding hydrogens is 503 g/mol. The van der Waals surface area contributed by atoms with Gasteiger partial charge in [-0.05, 0) is 43.4 Å². The number of thioether (sulfide) groups is 1. The number of benzene rings is 1. The average Bonchev–Trinajstić information content (AvgIpc) is 3.03. The second-order valence-electron chi connectivity index (χ2n) is 7.11. The molecule has 5 nitrogen and oxygen atoms in total. The second kappa shape index (κ2) is 9.83. The number of halogens is 6. The predicted molar refractivity (Wildman–Crippen MR) is 120 cm³/mol. The molecule has 0 spiro atoms. The van der Waals surface area contributed by atoms with Crippen molar-refractivity contribution in [2.45, 2.75) is 39.7 Å². The Hall–Kier alpha value is -2.79. The van der Waals surface area contributed by atoms with Crippen molar-refractivity contribution >= 4 is 35.1 Å². The lowest BCUT2D eigenvalue weighted by Gasteiger charge is -2.15. The number of alkyl halides is 5. The zero-order valence-corrected chi connectivity index (χ0v) is 19.6. The molecule has 34 heavy (non-hydrogen) atoms. The molecule has 0 aliphatic carbocycles. The number of anilines is 1. The molecule has 12 heteroatoms. The van der Waals surface area contributed by atoms with Crippen molar-refractivity contribution in [1.29, 1.82) is 0 Å². The average molecular weight is 521 g/mol. The number of carbonyl (C=O) groups excluding carboxylic acids is 1. The van der Waals surface area contributed by atoms with E-state index in [-0.39, 0.29) is 22.3 Å². The van der Waals surface area contributed by atoms with Crippen molar-refractivity contribution in [1.82, 2.24) is 4.98 Å². The zero-order valence-electron chi connectivity index (χ0n) is 18.0. The van der Waals surface area contributed by atoms with E-state index in [4.69, 9.17) is 11.6 Å². The molecule has 182 valence electrons. The quantitative estimate of drug-likeness (QED) is 0.315. The van der Waals surface area contributed by atoms with Gasteiger partial charge in [0.1, 0.15) is 5.82 Å². The van der Waals surface area contributed by atoms with Crippen LogP contribution < -0.4 is 14.8 Å². The third kappa shape index (κ3) is 6.01. The van der Waals surface area contributed by atoms with Gasteiger partial charge in [0.25, 0.3) is 5.91 Å². The fourth-order valence-corrected chi connectivity index (χ4v) is 4.15. The summed E-state index contributed by atoms with van der Waals surface area (Å²) in [6.07, 6.45) is -4.90. The van der Waals surface area contributed by atoms with Crippen molar-refractivity contribution in [3.63, 3.8) is 0 Å². The molecule has 0 saturated carbocycles. The maximum Gasteiger partial charge on any atom is 0.586 e. The number of aromatic nitrogens is 1. The van der Waals surface area contributed by atoms with Gasteiger partial charge < -0.3 is 14.8 Å². The molecular formula is C22H18ClF5N2O3S. The predicted octanol–water partition coefficient (Wildman–Crippen LogP) is 7.55. The summed E-state index contributed by atoms with van der Waals surface area (Å²) in [6.45, 7) is 4.28. The van der Waals surface area contributed by atoms with Gasteiger partial charge in [0.2, 0.25) is 0 Å². The lowest BCUT2D eigenvalue weighted by atomic mass is 10.1. The van der Waals surface area contributed by atoms with Gasteiger partial charge in [-0.25, -0.2) is 4.98 Å². The first kappa shape index (κ1) is 25.8. The van der Waals surface area contributed by atoms with Crippen LogP contribution in [0.25, 0.3) is 11.1 Å². The number of nitrogens with one attached hydrogen (secondary N) is 1. The SMILES string of the molecule is CC/C=C(\C)S/C(C(=O)Nc1ccc(-c2cc3c(cc2Cl)OC(F)(F)O3)cn1)=C(\C)C(F)(F)F. The van der Waals surface area contributed by atoms with Crippen LogP contribution in [0.3, 0.4) is 0 Å². The van der Waals surface area contributed by atoms with E-state index in [1.807, 2.05) is 6.92 Å². The Labute approximate surface area is 201 Å². The van der Waals surface area contributed by atoms with Gasteiger partial charge in [0.15, 0.2) is 11.5 Å². The summed E-state index contributed by atoms with van der Waals surface area (Å²) in [5, 5.41) is 2.44. The first-order valence-electron chi connectivity index (χ1n) is 9.80. The minimum Gasteiger partial charge on any atom is -0.395 e. The van der Waals surface area contributed by atoms with Crippen molar-refractivity contribution < 1.29 is 36.2 Å². The van der Waals surface area contributed by atoms with E-state index in [9.17, 15) is 26.7 Å². The largest absolute Gasteiger partial charge is 0.586 e. The summed E-state index contributed by atoms with van der Waals surface area (Å²) in [7, 11) is 0. The Bertz CT molecular complexity index is 1160. The number of hydrogen-bond acceptors (Lipinski definition) is 5. The minimum absolute atomic E-state index is 0.0117. The van der Waals surface area contributed by atoms with Crippen LogP contribution in [0.4, 0.5) is 27.8 Å². The minimum atomic E-state index is -4.68. The maximum atomic E-state index is 13.3. The molecule has 0 atom stereocenters. The monoisotopic (exact) mass is 520 g/mol. The highest BCUT2D eigenvalue weighted by Crippen LogP contribution is 2.46. The number of carbonyl (C=O) groups is 1. The fourth-order valence-electron chi connectivity index (χ4n) is 2.90. The standard InChI is InChI=1S/C22H18ClF5N2O3S/c1-4-5-11(2)34-19(12(3)21(24,25)26)20(31)30-18-7-6-13(10-29-18)14-8-16-17(9-15(14)23)33-22(27,28)32-16/h5-10H,4H2,1-3H3,(H,29,30,31)/b11-5+,19-12+. The topological polar surface area (TPSA) is 60.5 Å². The first-order chi connectivity index (χ1) is 15.8. The molecule has 3 rings (SSSR count). The molecule has 0 bridgehead atoms. The fraction of sp³-hybridized carbons (Fsp3) is 0.273. The lowest BCUT2D eigenvalue weighted by Crippen LogP contribution is -2.25. The number of amides is 1. The van der Waals surface area contributed by atoms with E-state index in [2.05, 4.69) is 19.8 Å². The van der Waals surface area contributed by atoms with Crippen LogP contribution >= 0.6 is 23.4 Å². The number of ether oxygens (including phenoxy) is 2. The van der Waals surface area contributed by atoms with Crippen LogP contribution in [0.5, 0.6) is 11.5 Å². The number of nitrogens with zero attached hydrogens (tertiary/aromatic N) is 1. The highest BCUT2D eigenvalue weighted by molar-refractivity contribution is 8.07. The Kier molecular flexibility index (Phi) is 7.47. The second-order valence-corrected chi connectivity index (χ2v) is 8.77. The van der Waals surface area contributed by atoms with E-state index in [1.165, 1.54) is 30.5 Å². The summed E-state index contributed by atoms with van der Waals surface area (Å²) >= 11 is 6.88. The van der Waals surface area contributed by atoms with E-state index in [0.29, 0.717) is 22.5 Å². The molecule has 0 radical (unpaired) electrons. The third-order valence-electron chi connectivity index (χ3n) is 4.53. The van der Waals surface area contributed by atoms with E-state index in [1.54, 1.807) is 13.0 Å². The van der Waals surface area contributed by atoms with Crippen LogP contribution in [-0.4, -0.2) is 23.4 Å². The summed E-state index contributed by atoms with van der Waals surface area (Å²) in [5.41, 5.74) is -0.334. The van der Waals surface area contributed by atoms with Crippen molar-refractivity contribution in [3.8, 4) is 22.6 Å². The van der Waals surface area contributed by atoms with Crippen LogP contribution in [0.2, 0.25) is 5.02 Å². The van der Waals surface area contributed by atoms with Gasteiger partial charge >= 0.3 is 12.5 Å². The van der Waals surface area contributed by atoms with E-state index in [0.717, 1.165) is 18.7 Å². The summed E-state index contributed by atoms with van der Waals surface area (Å²) < 4.78 is 75.2. The van der Waals surface area contributed by atoms with Gasteiger partial charge in [-0.2, -0.15) is 13.2 Å². The number of pyridine rings is 1. The Morgan fingerprint density at radius 2 is 1.85 bits per heavy atom. The van der Waals surface area contributed by atoms with Crippen LogP contribution in [0.1, 0.15) is 27.2 Å². The molecule has 1 aromatic carbocycles. The molecule has 0 unspecified atom stereocenters. The molecule has 1 aliphatic rings. The highest BCUT2D eigenvalue weighted by Gasteiger charge is 2.44. The summed E-state index contributed by atoms with van der Waals surface area (Å²) in [4.78, 5) is 16.7. The Morgan fingerprint density at radius 1 is 1.21 bits per heavy atom. The number of allylic oxidation sites excluding steroid dienone is 3. The van der Waals surface area contributed by atoms with Gasteiger partial charge in [0.05, 0.1) is 9.93 Å². The van der Waals surface area contributed by atoms with Gasteiger partial charge in [-0.15, -0.1) is 8.78 Å². The number of hydrogen-bond donors (Lipinski definition) is 1. The van der Waals surface area contributed by atoms with Crippen molar-refractivity contribution in [2.75, 3.05) is 5.32 Å². The normalized spacial score (nSPS) is 15.7. The molecule has 1 aromatic heterocycles. The van der Waals surface area contributed by atoms with Gasteiger partial charge in [-0.1, -0.05) is 36.4 Å². The summed E-state index contributed by atoms with van der Waals surface area (Å²) in [6, 6.07) is 5.24. The van der Waals surface area contributed by atoms with Gasteiger partial charge in [0, 0.05) is 29.0 Å². The van der Waals surface area contributed by atoms with Crippen LogP contribution in [-0.2, 0) is 4.79 Å². The van der Waals surface area contributed by atoms with Gasteiger partial charge in [-0.3, -0.25) is 4.79 Å².